The van der Waals surface area contributed by atoms with Crippen LogP contribution in [0, 0.1) is 20.8 Å². The number of hydrogen-bond acceptors (Lipinski definition) is 9. The van der Waals surface area contributed by atoms with E-state index in [0.717, 1.165) is 118 Å². The first-order valence-corrected chi connectivity index (χ1v) is 14.3. The molecule has 0 unspecified atom stereocenters. The van der Waals surface area contributed by atoms with E-state index in [1.54, 1.807) is 7.11 Å². The van der Waals surface area contributed by atoms with Crippen LogP contribution in [-0.4, -0.2) is 76.5 Å². The fourth-order valence-corrected chi connectivity index (χ4v) is 5.99. The Hall–Kier alpha value is -4.54. The molecular formula is C32H33N7O3. The van der Waals surface area contributed by atoms with Gasteiger partial charge < -0.3 is 24.3 Å². The van der Waals surface area contributed by atoms with E-state index >= 15 is 0 Å². The van der Waals surface area contributed by atoms with Crippen molar-refractivity contribution in [1.82, 2.24) is 30.0 Å². The zero-order valence-electron chi connectivity index (χ0n) is 24.2. The molecule has 0 bridgehead atoms. The summed E-state index contributed by atoms with van der Waals surface area (Å²) in [5.41, 5.74) is 7.13. The number of morpholine rings is 1. The summed E-state index contributed by atoms with van der Waals surface area (Å²) in [5, 5.41) is 10.7. The second-order valence-corrected chi connectivity index (χ2v) is 10.7. The lowest BCUT2D eigenvalue weighted by molar-refractivity contribution is 0.0398. The average molecular weight is 564 g/mol. The summed E-state index contributed by atoms with van der Waals surface area (Å²) in [6, 6.07) is 14.5. The number of para-hydroxylation sites is 1. The number of nitrogens with zero attached hydrogens (tertiary/aromatic N) is 5. The smallest absolute Gasteiger partial charge is 0.142 e. The first kappa shape index (κ1) is 26.4. The molecule has 214 valence electrons. The third-order valence-corrected chi connectivity index (χ3v) is 7.99. The number of aryl methyl sites for hydroxylation is 3. The number of pyridine rings is 1. The molecule has 0 atom stereocenters. The SMILES string of the molecule is COc1cc2c(cc1-c1c(C)noc1C)[nH]c1nc(C)nc(-c3cc(NCCN4CCOCC4)nc4ccccc34)c12. The van der Waals surface area contributed by atoms with E-state index in [2.05, 4.69) is 44.6 Å². The Balaban J connectivity index is 1.38. The monoisotopic (exact) mass is 563 g/mol. The Morgan fingerprint density at radius 2 is 1.81 bits per heavy atom. The fourth-order valence-electron chi connectivity index (χ4n) is 5.99. The highest BCUT2D eigenvalue weighted by Gasteiger charge is 2.22. The minimum Gasteiger partial charge on any atom is -0.496 e. The summed E-state index contributed by atoms with van der Waals surface area (Å²) in [7, 11) is 1.69. The van der Waals surface area contributed by atoms with Crippen LogP contribution in [-0.2, 0) is 4.74 Å². The highest BCUT2D eigenvalue weighted by Crippen LogP contribution is 2.42. The van der Waals surface area contributed by atoms with Gasteiger partial charge in [-0.15, -0.1) is 0 Å². The van der Waals surface area contributed by atoms with Crippen LogP contribution in [0.3, 0.4) is 0 Å². The molecule has 10 heteroatoms. The van der Waals surface area contributed by atoms with Gasteiger partial charge >= 0.3 is 0 Å². The van der Waals surface area contributed by atoms with Gasteiger partial charge in [0.2, 0.25) is 0 Å². The van der Waals surface area contributed by atoms with Crippen molar-refractivity contribution in [2.75, 3.05) is 51.8 Å². The number of aromatic nitrogens is 5. The lowest BCUT2D eigenvalue weighted by Gasteiger charge is -2.26. The average Bonchev–Trinajstić information content (AvgIpc) is 3.53. The predicted molar refractivity (Wildman–Crippen MR) is 164 cm³/mol. The van der Waals surface area contributed by atoms with Gasteiger partial charge in [0, 0.05) is 53.6 Å². The van der Waals surface area contributed by atoms with Crippen molar-refractivity contribution in [2.24, 2.45) is 0 Å². The topological polar surface area (TPSA) is 114 Å². The number of H-pyrrole nitrogens is 1. The van der Waals surface area contributed by atoms with Crippen LogP contribution in [0.2, 0.25) is 0 Å². The molecule has 5 heterocycles. The van der Waals surface area contributed by atoms with Crippen molar-refractivity contribution < 1.29 is 14.0 Å². The number of anilines is 1. The van der Waals surface area contributed by atoms with E-state index in [9.17, 15) is 0 Å². The quantitative estimate of drug-likeness (QED) is 0.254. The molecule has 1 aliphatic rings. The van der Waals surface area contributed by atoms with Crippen molar-refractivity contribution in [2.45, 2.75) is 20.8 Å². The number of aromatic amines is 1. The Kier molecular flexibility index (Phi) is 6.72. The molecule has 10 nitrogen and oxygen atoms in total. The highest BCUT2D eigenvalue weighted by molar-refractivity contribution is 6.15. The predicted octanol–water partition coefficient (Wildman–Crippen LogP) is 5.66. The number of fused-ring (bicyclic) bond motifs is 4. The molecule has 0 amide bonds. The van der Waals surface area contributed by atoms with E-state index in [-0.39, 0.29) is 0 Å². The number of nitrogens with one attached hydrogen (secondary N) is 2. The van der Waals surface area contributed by atoms with E-state index in [1.165, 1.54) is 0 Å². The molecule has 0 spiro atoms. The van der Waals surface area contributed by atoms with Crippen molar-refractivity contribution in [3.05, 3.63) is 59.7 Å². The lowest BCUT2D eigenvalue weighted by Crippen LogP contribution is -2.39. The molecule has 0 aliphatic carbocycles. The summed E-state index contributed by atoms with van der Waals surface area (Å²) in [6.45, 7) is 11.0. The van der Waals surface area contributed by atoms with Gasteiger partial charge in [-0.05, 0) is 45.0 Å². The normalized spacial score (nSPS) is 14.3. The molecule has 1 fully saturated rings. The number of hydrogen-bond donors (Lipinski definition) is 2. The molecule has 1 saturated heterocycles. The molecule has 0 radical (unpaired) electrons. The second-order valence-electron chi connectivity index (χ2n) is 10.7. The summed E-state index contributed by atoms with van der Waals surface area (Å²) in [6.07, 6.45) is 0. The van der Waals surface area contributed by atoms with Crippen molar-refractivity contribution in [3.8, 4) is 28.1 Å². The van der Waals surface area contributed by atoms with E-state index in [4.69, 9.17) is 28.9 Å². The lowest BCUT2D eigenvalue weighted by atomic mass is 9.98. The van der Waals surface area contributed by atoms with Gasteiger partial charge in [0.15, 0.2) is 0 Å². The van der Waals surface area contributed by atoms with E-state index in [1.807, 2.05) is 39.0 Å². The Labute approximate surface area is 243 Å². The first-order chi connectivity index (χ1) is 20.5. The van der Waals surface area contributed by atoms with Crippen LogP contribution in [0.5, 0.6) is 5.75 Å². The summed E-state index contributed by atoms with van der Waals surface area (Å²) >= 11 is 0. The van der Waals surface area contributed by atoms with Crippen LogP contribution in [0.25, 0.3) is 55.2 Å². The largest absolute Gasteiger partial charge is 0.496 e. The molecule has 4 aromatic heterocycles. The molecule has 42 heavy (non-hydrogen) atoms. The van der Waals surface area contributed by atoms with Gasteiger partial charge in [-0.1, -0.05) is 23.4 Å². The fraction of sp³-hybridized carbons (Fsp3) is 0.312. The minimum absolute atomic E-state index is 0.685. The molecule has 2 aromatic carbocycles. The summed E-state index contributed by atoms with van der Waals surface area (Å²) in [4.78, 5) is 20.7. The van der Waals surface area contributed by atoms with Crippen molar-refractivity contribution >= 4 is 38.7 Å². The zero-order chi connectivity index (χ0) is 28.8. The third kappa shape index (κ3) is 4.62. The van der Waals surface area contributed by atoms with E-state index in [0.29, 0.717) is 5.82 Å². The minimum atomic E-state index is 0.685. The zero-order valence-corrected chi connectivity index (χ0v) is 24.2. The molecule has 6 aromatic rings. The number of ether oxygens (including phenoxy) is 2. The van der Waals surface area contributed by atoms with Crippen molar-refractivity contribution in [1.29, 1.82) is 0 Å². The van der Waals surface area contributed by atoms with Crippen LogP contribution >= 0.6 is 0 Å². The molecular weight excluding hydrogens is 530 g/mol. The van der Waals surface area contributed by atoms with Crippen molar-refractivity contribution in [3.63, 3.8) is 0 Å². The van der Waals surface area contributed by atoms with Gasteiger partial charge in [-0.3, -0.25) is 4.90 Å². The molecule has 2 N–H and O–H groups in total. The third-order valence-electron chi connectivity index (χ3n) is 7.99. The van der Waals surface area contributed by atoms with Crippen LogP contribution in [0.1, 0.15) is 17.3 Å². The number of methoxy groups -OCH3 is 1. The van der Waals surface area contributed by atoms with E-state index < -0.39 is 0 Å². The van der Waals surface area contributed by atoms with Gasteiger partial charge in [0.25, 0.3) is 0 Å². The van der Waals surface area contributed by atoms with Gasteiger partial charge in [0.05, 0.1) is 48.2 Å². The highest BCUT2D eigenvalue weighted by atomic mass is 16.5. The Morgan fingerprint density at radius 1 is 0.976 bits per heavy atom. The maximum atomic E-state index is 5.90. The van der Waals surface area contributed by atoms with Gasteiger partial charge in [-0.25, -0.2) is 15.0 Å². The maximum Gasteiger partial charge on any atom is 0.142 e. The molecule has 0 saturated carbocycles. The first-order valence-electron chi connectivity index (χ1n) is 14.3. The standard InChI is InChI=1S/C32H33N7O3/c1-18-29(19(2)42-38-18)24-15-26-23(16-27(24)40-4)30-31(34-20(3)35-32(30)37-26)22-17-28(36-25-8-6-5-7-21(22)25)33-9-10-39-11-13-41-14-12-39/h5-8,15-17H,9-14H2,1-4H3,(H,33,36)(H,34,35,37). The van der Waals surface area contributed by atoms with Crippen LogP contribution in [0.15, 0.2) is 47.0 Å². The van der Waals surface area contributed by atoms with Gasteiger partial charge in [0.1, 0.15) is 28.8 Å². The Morgan fingerprint density at radius 3 is 2.60 bits per heavy atom. The van der Waals surface area contributed by atoms with Gasteiger partial charge in [-0.2, -0.15) is 0 Å². The van der Waals surface area contributed by atoms with Crippen LogP contribution in [0.4, 0.5) is 5.82 Å². The summed E-state index contributed by atoms with van der Waals surface area (Å²) < 4.78 is 16.9. The molecule has 7 rings (SSSR count). The van der Waals surface area contributed by atoms with Crippen LogP contribution < -0.4 is 10.1 Å². The number of benzene rings is 2. The second kappa shape index (κ2) is 10.7. The maximum absolute atomic E-state index is 5.90. The summed E-state index contributed by atoms with van der Waals surface area (Å²) in [5.74, 6) is 2.98. The molecule has 1 aliphatic heterocycles. The number of rotatable bonds is 7. The Bertz CT molecular complexity index is 1920.